The molecule has 1 aromatic carbocycles. The van der Waals surface area contributed by atoms with Crippen LogP contribution in [0.25, 0.3) is 11.4 Å². The molecule has 2 N–H and O–H groups in total. The van der Waals surface area contributed by atoms with Crippen LogP contribution in [0.15, 0.2) is 29.1 Å². The lowest BCUT2D eigenvalue weighted by Gasteiger charge is -2.06. The molecule has 92 valence electrons. The average molecular weight is 285 g/mol. The van der Waals surface area contributed by atoms with Crippen molar-refractivity contribution in [2.24, 2.45) is 0 Å². The van der Waals surface area contributed by atoms with Gasteiger partial charge >= 0.3 is 5.97 Å². The van der Waals surface area contributed by atoms with E-state index in [1.54, 1.807) is 18.2 Å². The van der Waals surface area contributed by atoms with Crippen LogP contribution in [0.4, 0.5) is 0 Å². The number of benzene rings is 1. The molecule has 2 aromatic rings. The summed E-state index contributed by atoms with van der Waals surface area (Å²) < 4.78 is 0. The maximum absolute atomic E-state index is 11.4. The highest BCUT2D eigenvalue weighted by Crippen LogP contribution is 2.31. The van der Waals surface area contributed by atoms with E-state index in [2.05, 4.69) is 9.97 Å². The zero-order chi connectivity index (χ0) is 13.3. The Bertz CT molecular complexity index is 662. The Morgan fingerprint density at radius 2 is 1.89 bits per heavy atom. The number of hydrogen-bond acceptors (Lipinski definition) is 3. The van der Waals surface area contributed by atoms with Gasteiger partial charge in [0, 0.05) is 6.07 Å². The molecule has 0 saturated carbocycles. The van der Waals surface area contributed by atoms with E-state index in [0.717, 1.165) is 6.07 Å². The maximum atomic E-state index is 11.4. The van der Waals surface area contributed by atoms with Gasteiger partial charge in [0.05, 0.1) is 15.6 Å². The van der Waals surface area contributed by atoms with E-state index in [0.29, 0.717) is 5.56 Å². The van der Waals surface area contributed by atoms with Crippen LogP contribution in [0.2, 0.25) is 10.0 Å². The molecule has 0 radical (unpaired) electrons. The molecular formula is C11H6Cl2N2O3. The Kier molecular flexibility index (Phi) is 3.36. The van der Waals surface area contributed by atoms with Crippen molar-refractivity contribution in [1.29, 1.82) is 0 Å². The minimum absolute atomic E-state index is 0.0236. The summed E-state index contributed by atoms with van der Waals surface area (Å²) in [5.74, 6) is -1.28. The van der Waals surface area contributed by atoms with Crippen LogP contribution in [-0.2, 0) is 0 Å². The molecule has 0 aliphatic carbocycles. The number of aromatic nitrogens is 2. The topological polar surface area (TPSA) is 83.0 Å². The SMILES string of the molecule is O=C(O)c1cc(=O)[nH]c(-c2c(Cl)cccc2Cl)n1. The fraction of sp³-hybridized carbons (Fsp3) is 0. The molecule has 0 unspecified atom stereocenters. The Morgan fingerprint density at radius 1 is 1.28 bits per heavy atom. The number of carboxylic acids is 1. The summed E-state index contributed by atoms with van der Waals surface area (Å²) in [4.78, 5) is 28.4. The molecule has 7 heteroatoms. The van der Waals surface area contributed by atoms with Crippen LogP contribution in [0, 0.1) is 0 Å². The third-order valence-electron chi connectivity index (χ3n) is 2.16. The van der Waals surface area contributed by atoms with Gasteiger partial charge in [-0.1, -0.05) is 29.3 Å². The number of carbonyl (C=O) groups is 1. The van der Waals surface area contributed by atoms with Crippen molar-refractivity contribution < 1.29 is 9.90 Å². The molecule has 0 bridgehead atoms. The number of nitrogens with one attached hydrogen (secondary N) is 1. The zero-order valence-electron chi connectivity index (χ0n) is 8.78. The number of carboxylic acid groups (broad SMARTS) is 1. The second-order valence-electron chi connectivity index (χ2n) is 3.38. The first-order chi connectivity index (χ1) is 8.49. The lowest BCUT2D eigenvalue weighted by atomic mass is 10.2. The molecule has 0 aliphatic heterocycles. The van der Waals surface area contributed by atoms with Crippen molar-refractivity contribution in [3.05, 3.63) is 50.4 Å². The summed E-state index contributed by atoms with van der Waals surface area (Å²) in [5, 5.41) is 9.38. The van der Waals surface area contributed by atoms with Crippen LogP contribution in [0.3, 0.4) is 0 Å². The summed E-state index contributed by atoms with van der Waals surface area (Å²) in [6, 6.07) is 5.65. The summed E-state index contributed by atoms with van der Waals surface area (Å²) in [7, 11) is 0. The van der Waals surface area contributed by atoms with Gasteiger partial charge in [-0.15, -0.1) is 0 Å². The summed E-state index contributed by atoms with van der Waals surface area (Å²) >= 11 is 11.9. The van der Waals surface area contributed by atoms with Crippen LogP contribution in [0.1, 0.15) is 10.5 Å². The number of nitrogens with zero attached hydrogens (tertiary/aromatic N) is 1. The number of rotatable bonds is 2. The molecule has 0 amide bonds. The van der Waals surface area contributed by atoms with Gasteiger partial charge in [-0.3, -0.25) is 4.79 Å². The normalized spacial score (nSPS) is 10.3. The van der Waals surface area contributed by atoms with Gasteiger partial charge < -0.3 is 10.1 Å². The van der Waals surface area contributed by atoms with E-state index < -0.39 is 11.5 Å². The maximum Gasteiger partial charge on any atom is 0.354 e. The smallest absolute Gasteiger partial charge is 0.354 e. The molecule has 1 heterocycles. The van der Waals surface area contributed by atoms with Crippen molar-refractivity contribution in [2.75, 3.05) is 0 Å². The monoisotopic (exact) mass is 284 g/mol. The second-order valence-corrected chi connectivity index (χ2v) is 4.20. The molecule has 5 nitrogen and oxygen atoms in total. The standard InChI is InChI=1S/C11H6Cl2N2O3/c12-5-2-1-3-6(13)9(5)10-14-7(11(17)18)4-8(16)15-10/h1-4H,(H,17,18)(H,14,15,16). The third-order valence-corrected chi connectivity index (χ3v) is 2.79. The fourth-order valence-electron chi connectivity index (χ4n) is 1.41. The van der Waals surface area contributed by atoms with E-state index in [-0.39, 0.29) is 21.6 Å². The van der Waals surface area contributed by atoms with Crippen molar-refractivity contribution in [2.45, 2.75) is 0 Å². The van der Waals surface area contributed by atoms with Crippen LogP contribution < -0.4 is 5.56 Å². The second kappa shape index (κ2) is 4.80. The van der Waals surface area contributed by atoms with E-state index in [1.807, 2.05) is 0 Å². The minimum atomic E-state index is -1.30. The predicted molar refractivity (Wildman–Crippen MR) is 67.3 cm³/mol. The summed E-state index contributed by atoms with van der Waals surface area (Å²) in [5.41, 5.74) is -0.667. The largest absolute Gasteiger partial charge is 0.477 e. The first-order valence-corrected chi connectivity index (χ1v) is 5.53. The van der Waals surface area contributed by atoms with E-state index in [9.17, 15) is 9.59 Å². The lowest BCUT2D eigenvalue weighted by Crippen LogP contribution is -2.13. The van der Waals surface area contributed by atoms with Gasteiger partial charge in [0.15, 0.2) is 5.69 Å². The Labute approximate surface area is 111 Å². The molecule has 0 saturated heterocycles. The van der Waals surface area contributed by atoms with Crippen LogP contribution in [-0.4, -0.2) is 21.0 Å². The van der Waals surface area contributed by atoms with E-state index in [1.165, 1.54) is 0 Å². The molecule has 0 atom stereocenters. The summed E-state index contributed by atoms with van der Waals surface area (Å²) in [6.07, 6.45) is 0. The predicted octanol–water partition coefficient (Wildman–Crippen LogP) is 2.44. The van der Waals surface area contributed by atoms with Crippen molar-refractivity contribution in [1.82, 2.24) is 9.97 Å². The first-order valence-electron chi connectivity index (χ1n) is 4.78. The molecule has 18 heavy (non-hydrogen) atoms. The van der Waals surface area contributed by atoms with Crippen LogP contribution in [0.5, 0.6) is 0 Å². The number of aromatic amines is 1. The quantitative estimate of drug-likeness (QED) is 0.887. The average Bonchev–Trinajstić information content (AvgIpc) is 2.28. The van der Waals surface area contributed by atoms with Gasteiger partial charge in [-0.05, 0) is 12.1 Å². The first kappa shape index (κ1) is 12.6. The highest BCUT2D eigenvalue weighted by atomic mass is 35.5. The van der Waals surface area contributed by atoms with Gasteiger partial charge in [-0.25, -0.2) is 9.78 Å². The van der Waals surface area contributed by atoms with Crippen molar-refractivity contribution in [3.8, 4) is 11.4 Å². The van der Waals surface area contributed by atoms with Gasteiger partial charge in [0.25, 0.3) is 5.56 Å². The van der Waals surface area contributed by atoms with Crippen LogP contribution >= 0.6 is 23.2 Å². The Hall–Kier alpha value is -1.85. The Balaban J connectivity index is 2.72. The number of halogens is 2. The molecule has 0 fully saturated rings. The number of H-pyrrole nitrogens is 1. The third kappa shape index (κ3) is 2.37. The fourth-order valence-corrected chi connectivity index (χ4v) is 1.99. The van der Waals surface area contributed by atoms with Crippen molar-refractivity contribution >= 4 is 29.2 Å². The molecule has 2 rings (SSSR count). The van der Waals surface area contributed by atoms with E-state index >= 15 is 0 Å². The highest BCUT2D eigenvalue weighted by molar-refractivity contribution is 6.38. The van der Waals surface area contributed by atoms with Crippen molar-refractivity contribution in [3.63, 3.8) is 0 Å². The van der Waals surface area contributed by atoms with Gasteiger partial charge in [-0.2, -0.15) is 0 Å². The Morgan fingerprint density at radius 3 is 2.44 bits per heavy atom. The number of aromatic carboxylic acids is 1. The lowest BCUT2D eigenvalue weighted by molar-refractivity contribution is 0.0690. The number of hydrogen-bond donors (Lipinski definition) is 2. The minimum Gasteiger partial charge on any atom is -0.477 e. The highest BCUT2D eigenvalue weighted by Gasteiger charge is 2.14. The van der Waals surface area contributed by atoms with E-state index in [4.69, 9.17) is 28.3 Å². The van der Waals surface area contributed by atoms with Gasteiger partial charge in [0.2, 0.25) is 0 Å². The molecular weight excluding hydrogens is 279 g/mol. The summed E-state index contributed by atoms with van der Waals surface area (Å²) in [6.45, 7) is 0. The molecule has 1 aromatic heterocycles. The molecule has 0 spiro atoms. The molecule has 0 aliphatic rings. The zero-order valence-corrected chi connectivity index (χ0v) is 10.3. The van der Waals surface area contributed by atoms with Gasteiger partial charge in [0.1, 0.15) is 5.82 Å².